The molecule has 4 rings (SSSR count). The summed E-state index contributed by atoms with van der Waals surface area (Å²) in [4.78, 5) is 23.4. The van der Waals surface area contributed by atoms with Crippen molar-refractivity contribution in [3.63, 3.8) is 0 Å². The number of hydrogen-bond acceptors (Lipinski definition) is 4. The highest BCUT2D eigenvalue weighted by molar-refractivity contribution is 7.17. The molecule has 2 heterocycles. The van der Waals surface area contributed by atoms with Gasteiger partial charge in [0.1, 0.15) is 10.7 Å². The van der Waals surface area contributed by atoms with Crippen LogP contribution >= 0.6 is 11.3 Å². The van der Waals surface area contributed by atoms with Gasteiger partial charge >= 0.3 is 0 Å². The lowest BCUT2D eigenvalue weighted by atomic mass is 10.1. The predicted octanol–water partition coefficient (Wildman–Crippen LogP) is 4.84. The average Bonchev–Trinajstić information content (AvgIpc) is 3.13. The van der Waals surface area contributed by atoms with Crippen molar-refractivity contribution >= 4 is 21.6 Å². The van der Waals surface area contributed by atoms with Crippen LogP contribution in [0, 0.1) is 0 Å². The van der Waals surface area contributed by atoms with Gasteiger partial charge in [0.15, 0.2) is 0 Å². The van der Waals surface area contributed by atoms with Crippen LogP contribution < -0.4 is 5.56 Å². The molecular formula is C22H21N3OS. The average molecular weight is 375 g/mol. The Morgan fingerprint density at radius 1 is 1.07 bits per heavy atom. The van der Waals surface area contributed by atoms with Gasteiger partial charge in [0, 0.05) is 17.0 Å². The Hall–Kier alpha value is -2.76. The SMILES string of the molecule is C[C@@H](c1ccccc1)N(C)Cc1nc2scc(-c3ccccc3)c2c(=O)[nH]1. The largest absolute Gasteiger partial charge is 0.309 e. The van der Waals surface area contributed by atoms with E-state index in [1.165, 1.54) is 16.9 Å². The third kappa shape index (κ3) is 3.56. The third-order valence-corrected chi connectivity index (χ3v) is 5.79. The van der Waals surface area contributed by atoms with Crippen molar-refractivity contribution in [1.29, 1.82) is 0 Å². The first-order valence-corrected chi connectivity index (χ1v) is 9.82. The molecule has 0 amide bonds. The van der Waals surface area contributed by atoms with Gasteiger partial charge in [-0.05, 0) is 25.1 Å². The Morgan fingerprint density at radius 2 is 1.74 bits per heavy atom. The molecule has 5 heteroatoms. The van der Waals surface area contributed by atoms with E-state index in [0.717, 1.165) is 16.0 Å². The Morgan fingerprint density at radius 3 is 2.44 bits per heavy atom. The van der Waals surface area contributed by atoms with E-state index in [4.69, 9.17) is 4.98 Å². The van der Waals surface area contributed by atoms with Crippen LogP contribution in [0.5, 0.6) is 0 Å². The lowest BCUT2D eigenvalue weighted by Crippen LogP contribution is -2.24. The van der Waals surface area contributed by atoms with Crippen molar-refractivity contribution in [2.24, 2.45) is 0 Å². The fraction of sp³-hybridized carbons (Fsp3) is 0.182. The standard InChI is InChI=1S/C22H21N3OS/c1-15(16-9-5-3-6-10-16)25(2)13-19-23-21(26)20-18(14-27-22(20)24-19)17-11-7-4-8-12-17/h3-12,14-15H,13H2,1-2H3,(H,23,24,26)/t15-/m0/s1. The van der Waals surface area contributed by atoms with Crippen LogP contribution in [0.25, 0.3) is 21.3 Å². The molecule has 2 aromatic heterocycles. The summed E-state index contributed by atoms with van der Waals surface area (Å²) in [5.41, 5.74) is 3.15. The lowest BCUT2D eigenvalue weighted by Gasteiger charge is -2.24. The summed E-state index contributed by atoms with van der Waals surface area (Å²) in [5.74, 6) is 0.694. The van der Waals surface area contributed by atoms with Gasteiger partial charge in [-0.2, -0.15) is 0 Å². The molecule has 4 nitrogen and oxygen atoms in total. The number of benzene rings is 2. The molecule has 0 saturated carbocycles. The smallest absolute Gasteiger partial charge is 0.260 e. The van der Waals surface area contributed by atoms with Gasteiger partial charge in [0.2, 0.25) is 0 Å². The zero-order valence-corrected chi connectivity index (χ0v) is 16.2. The number of H-pyrrole nitrogens is 1. The molecule has 1 N–H and O–H groups in total. The molecule has 0 radical (unpaired) electrons. The summed E-state index contributed by atoms with van der Waals surface area (Å²) >= 11 is 1.52. The Kier molecular flexibility index (Phi) is 4.88. The van der Waals surface area contributed by atoms with Crippen LogP contribution in [0.1, 0.15) is 24.4 Å². The van der Waals surface area contributed by atoms with Crippen LogP contribution in [0.2, 0.25) is 0 Å². The van der Waals surface area contributed by atoms with Crippen LogP contribution in [0.3, 0.4) is 0 Å². The van der Waals surface area contributed by atoms with Gasteiger partial charge in [0.05, 0.1) is 11.9 Å². The first kappa shape index (κ1) is 17.6. The number of nitrogens with one attached hydrogen (secondary N) is 1. The van der Waals surface area contributed by atoms with Crippen LogP contribution in [0.4, 0.5) is 0 Å². The van der Waals surface area contributed by atoms with E-state index in [2.05, 4.69) is 28.9 Å². The van der Waals surface area contributed by atoms with Crippen molar-refractivity contribution in [1.82, 2.24) is 14.9 Å². The quantitative estimate of drug-likeness (QED) is 0.543. The van der Waals surface area contributed by atoms with Crippen LogP contribution in [0.15, 0.2) is 70.8 Å². The summed E-state index contributed by atoms with van der Waals surface area (Å²) in [6.45, 7) is 2.74. The van der Waals surface area contributed by atoms with Crippen LogP contribution in [-0.2, 0) is 6.54 Å². The summed E-state index contributed by atoms with van der Waals surface area (Å²) in [6, 6.07) is 20.5. The molecule has 0 unspecified atom stereocenters. The van der Waals surface area contributed by atoms with Crippen molar-refractivity contribution in [2.45, 2.75) is 19.5 Å². The number of nitrogens with zero attached hydrogens (tertiary/aromatic N) is 2. The predicted molar refractivity (Wildman–Crippen MR) is 112 cm³/mol. The fourth-order valence-corrected chi connectivity index (χ4v) is 4.22. The molecule has 4 aromatic rings. The Balaban J connectivity index is 1.64. The highest BCUT2D eigenvalue weighted by atomic mass is 32.1. The fourth-order valence-electron chi connectivity index (χ4n) is 3.26. The maximum absolute atomic E-state index is 12.8. The number of hydrogen-bond donors (Lipinski definition) is 1. The van der Waals surface area contributed by atoms with Gasteiger partial charge in [-0.3, -0.25) is 9.69 Å². The second-order valence-corrected chi connectivity index (χ2v) is 7.57. The minimum Gasteiger partial charge on any atom is -0.309 e. The van der Waals surface area contributed by atoms with Gasteiger partial charge in [-0.1, -0.05) is 60.7 Å². The minimum atomic E-state index is -0.0733. The second-order valence-electron chi connectivity index (χ2n) is 6.71. The topological polar surface area (TPSA) is 49.0 Å². The van der Waals surface area contributed by atoms with Crippen molar-refractivity contribution in [3.8, 4) is 11.1 Å². The summed E-state index contributed by atoms with van der Waals surface area (Å²) < 4.78 is 0. The number of fused-ring (bicyclic) bond motifs is 1. The Bertz CT molecular complexity index is 1100. The monoisotopic (exact) mass is 375 g/mol. The Labute approximate surface area is 162 Å². The van der Waals surface area contributed by atoms with Crippen molar-refractivity contribution in [2.75, 3.05) is 7.05 Å². The third-order valence-electron chi connectivity index (χ3n) is 4.92. The zero-order chi connectivity index (χ0) is 18.8. The number of aromatic nitrogens is 2. The number of thiophene rings is 1. The van der Waals surface area contributed by atoms with Crippen LogP contribution in [-0.4, -0.2) is 21.9 Å². The highest BCUT2D eigenvalue weighted by Gasteiger charge is 2.16. The van der Waals surface area contributed by atoms with E-state index in [0.29, 0.717) is 17.8 Å². The molecule has 0 aliphatic rings. The summed E-state index contributed by atoms with van der Waals surface area (Å²) in [6.07, 6.45) is 0. The number of aromatic amines is 1. The normalized spacial score (nSPS) is 12.6. The van der Waals surface area contributed by atoms with Gasteiger partial charge in [-0.25, -0.2) is 4.98 Å². The second kappa shape index (κ2) is 7.47. The molecule has 136 valence electrons. The molecule has 0 spiro atoms. The van der Waals surface area contributed by atoms with Gasteiger partial charge in [-0.15, -0.1) is 11.3 Å². The molecule has 0 fully saturated rings. The first-order chi connectivity index (χ1) is 13.1. The van der Waals surface area contributed by atoms with Gasteiger partial charge in [0.25, 0.3) is 5.56 Å². The highest BCUT2D eigenvalue weighted by Crippen LogP contribution is 2.30. The van der Waals surface area contributed by atoms with E-state index < -0.39 is 0 Å². The van der Waals surface area contributed by atoms with Gasteiger partial charge < -0.3 is 4.98 Å². The van der Waals surface area contributed by atoms with Crippen molar-refractivity contribution in [3.05, 3.63) is 87.8 Å². The van der Waals surface area contributed by atoms with E-state index in [1.807, 2.05) is 61.0 Å². The minimum absolute atomic E-state index is 0.0733. The molecule has 0 aliphatic carbocycles. The molecule has 1 atom stereocenters. The van der Waals surface area contributed by atoms with Crippen molar-refractivity contribution < 1.29 is 0 Å². The number of rotatable bonds is 5. The van der Waals surface area contributed by atoms with E-state index >= 15 is 0 Å². The summed E-state index contributed by atoms with van der Waals surface area (Å²) in [5, 5.41) is 2.69. The lowest BCUT2D eigenvalue weighted by molar-refractivity contribution is 0.247. The maximum atomic E-state index is 12.8. The molecule has 0 saturated heterocycles. The maximum Gasteiger partial charge on any atom is 0.260 e. The zero-order valence-electron chi connectivity index (χ0n) is 15.3. The first-order valence-electron chi connectivity index (χ1n) is 8.94. The molecule has 2 aromatic carbocycles. The molecule has 0 aliphatic heterocycles. The molecule has 27 heavy (non-hydrogen) atoms. The summed E-state index contributed by atoms with van der Waals surface area (Å²) in [7, 11) is 2.05. The van der Waals surface area contributed by atoms with E-state index in [1.54, 1.807) is 0 Å². The molecule has 0 bridgehead atoms. The van der Waals surface area contributed by atoms with E-state index in [-0.39, 0.29) is 11.6 Å². The molecular weight excluding hydrogens is 354 g/mol. The van der Waals surface area contributed by atoms with E-state index in [9.17, 15) is 4.79 Å².